The van der Waals surface area contributed by atoms with E-state index in [9.17, 15) is 0 Å². The molecule has 8 nitrogen and oxygen atoms in total. The Labute approximate surface area is 182 Å². The van der Waals surface area contributed by atoms with Gasteiger partial charge in [0.1, 0.15) is 18.1 Å². The van der Waals surface area contributed by atoms with Gasteiger partial charge >= 0.3 is 0 Å². The Hall–Kier alpha value is -3.35. The normalized spacial score (nSPS) is 11.7. The van der Waals surface area contributed by atoms with E-state index in [0.29, 0.717) is 23.9 Å². The summed E-state index contributed by atoms with van der Waals surface area (Å²) in [4.78, 5) is 12.4. The molecular formula is C22H25N7OSi. The molecule has 0 fully saturated rings. The molecule has 0 aliphatic carbocycles. The summed E-state index contributed by atoms with van der Waals surface area (Å²) >= 11 is 0. The maximum atomic E-state index is 7.34. The molecule has 0 unspecified atom stereocenters. The molecule has 0 aliphatic heterocycles. The van der Waals surface area contributed by atoms with Gasteiger partial charge in [0.05, 0.1) is 17.5 Å². The minimum absolute atomic E-state index is 0.365. The summed E-state index contributed by atoms with van der Waals surface area (Å²) in [5.41, 5.74) is 4.58. The summed E-state index contributed by atoms with van der Waals surface area (Å²) in [7, 11) is -1.15. The number of rotatable bonds is 7. The molecule has 158 valence electrons. The third kappa shape index (κ3) is 4.71. The monoisotopic (exact) mass is 431 g/mol. The van der Waals surface area contributed by atoms with Crippen LogP contribution < -0.4 is 0 Å². The van der Waals surface area contributed by atoms with E-state index in [-0.39, 0.29) is 0 Å². The van der Waals surface area contributed by atoms with Gasteiger partial charge in [-0.05, 0) is 31.2 Å². The first-order valence-corrected chi connectivity index (χ1v) is 13.9. The highest BCUT2D eigenvalue weighted by molar-refractivity contribution is 6.76. The molecule has 9 heteroatoms. The van der Waals surface area contributed by atoms with Crippen molar-refractivity contribution >= 4 is 19.5 Å². The molecule has 0 N–H and O–H groups in total. The second kappa shape index (κ2) is 8.41. The minimum Gasteiger partial charge on any atom is -0.360 e. The van der Waals surface area contributed by atoms with E-state index in [0.717, 1.165) is 35.3 Å². The summed E-state index contributed by atoms with van der Waals surface area (Å²) in [5, 5.41) is 9.41. The number of hydrogen-bond donors (Lipinski definition) is 0. The van der Waals surface area contributed by atoms with Crippen LogP contribution in [0.1, 0.15) is 5.69 Å². The molecule has 0 atom stereocenters. The Morgan fingerprint density at radius 2 is 1.94 bits per heavy atom. The van der Waals surface area contributed by atoms with Crippen LogP contribution in [-0.2, 0) is 11.5 Å². The summed E-state index contributed by atoms with van der Waals surface area (Å²) in [6.07, 6.45) is 3.45. The summed E-state index contributed by atoms with van der Waals surface area (Å²) < 4.78 is 9.23. The van der Waals surface area contributed by atoms with Crippen molar-refractivity contribution in [1.29, 1.82) is 0 Å². The number of hydrogen-bond acceptors (Lipinski definition) is 5. The van der Waals surface area contributed by atoms with E-state index < -0.39 is 8.07 Å². The first kappa shape index (κ1) is 20.9. The highest BCUT2D eigenvalue weighted by atomic mass is 28.3. The van der Waals surface area contributed by atoms with Crippen LogP contribution in [0.5, 0.6) is 0 Å². The fraction of sp³-hybridized carbons (Fsp3) is 0.318. The zero-order valence-electron chi connectivity index (χ0n) is 18.2. The molecule has 0 aliphatic rings. The van der Waals surface area contributed by atoms with E-state index in [2.05, 4.69) is 39.6 Å². The molecule has 4 aromatic rings. The fourth-order valence-electron chi connectivity index (χ4n) is 3.16. The van der Waals surface area contributed by atoms with Crippen molar-refractivity contribution in [3.63, 3.8) is 0 Å². The molecular weight excluding hydrogens is 406 g/mol. The first-order valence-electron chi connectivity index (χ1n) is 10.2. The van der Waals surface area contributed by atoms with Crippen molar-refractivity contribution in [1.82, 2.24) is 29.4 Å². The molecule has 0 saturated carbocycles. The zero-order valence-corrected chi connectivity index (χ0v) is 19.2. The van der Waals surface area contributed by atoms with E-state index in [4.69, 9.17) is 16.4 Å². The lowest BCUT2D eigenvalue weighted by Gasteiger charge is -2.15. The Balaban J connectivity index is 1.71. The van der Waals surface area contributed by atoms with Crippen molar-refractivity contribution < 1.29 is 4.74 Å². The average Bonchev–Trinajstić information content (AvgIpc) is 3.34. The number of aromatic nitrogens is 6. The highest BCUT2D eigenvalue weighted by Gasteiger charge is 2.19. The fourth-order valence-corrected chi connectivity index (χ4v) is 3.91. The molecule has 0 aromatic carbocycles. The predicted octanol–water partition coefficient (Wildman–Crippen LogP) is 4.83. The molecule has 4 rings (SSSR count). The molecule has 0 saturated heterocycles. The Morgan fingerprint density at radius 1 is 1.10 bits per heavy atom. The van der Waals surface area contributed by atoms with Crippen LogP contribution in [0.3, 0.4) is 0 Å². The topological polar surface area (TPSA) is 74.5 Å². The number of pyridine rings is 1. The van der Waals surface area contributed by atoms with E-state index in [1.165, 1.54) is 6.20 Å². The number of aryl methyl sites for hydroxylation is 1. The lowest BCUT2D eigenvalue weighted by molar-refractivity contribution is 0.0787. The van der Waals surface area contributed by atoms with Crippen molar-refractivity contribution in [3.8, 4) is 22.6 Å². The van der Waals surface area contributed by atoms with Crippen LogP contribution in [0, 0.1) is 13.5 Å². The molecule has 0 bridgehead atoms. The van der Waals surface area contributed by atoms with Gasteiger partial charge in [-0.25, -0.2) is 9.67 Å². The van der Waals surface area contributed by atoms with Gasteiger partial charge in [0.25, 0.3) is 5.82 Å². The second-order valence-corrected chi connectivity index (χ2v) is 14.3. The van der Waals surface area contributed by atoms with Gasteiger partial charge in [-0.15, -0.1) is 4.52 Å². The van der Waals surface area contributed by atoms with Crippen LogP contribution in [0.4, 0.5) is 5.82 Å². The van der Waals surface area contributed by atoms with Gasteiger partial charge in [-0.2, -0.15) is 5.10 Å². The van der Waals surface area contributed by atoms with Crippen molar-refractivity contribution in [2.24, 2.45) is 0 Å². The van der Waals surface area contributed by atoms with Crippen LogP contribution in [-0.4, -0.2) is 44.0 Å². The second-order valence-electron chi connectivity index (χ2n) is 8.66. The molecule has 4 heterocycles. The predicted molar refractivity (Wildman–Crippen MR) is 123 cm³/mol. The van der Waals surface area contributed by atoms with Crippen LogP contribution >= 0.6 is 0 Å². The lowest BCUT2D eigenvalue weighted by atomic mass is 10.1. The third-order valence-electron chi connectivity index (χ3n) is 4.85. The van der Waals surface area contributed by atoms with Crippen LogP contribution in [0.15, 0.2) is 42.7 Å². The van der Waals surface area contributed by atoms with Gasteiger partial charge in [0.2, 0.25) is 5.65 Å². The van der Waals surface area contributed by atoms with Gasteiger partial charge in [0.15, 0.2) is 0 Å². The Morgan fingerprint density at radius 3 is 2.68 bits per heavy atom. The average molecular weight is 432 g/mol. The van der Waals surface area contributed by atoms with Crippen molar-refractivity contribution in [2.75, 3.05) is 6.61 Å². The van der Waals surface area contributed by atoms with Gasteiger partial charge in [0, 0.05) is 32.6 Å². The van der Waals surface area contributed by atoms with E-state index in [1.807, 2.05) is 43.5 Å². The summed E-state index contributed by atoms with van der Waals surface area (Å²) in [6, 6.07) is 10.7. The highest BCUT2D eigenvalue weighted by Crippen LogP contribution is 2.30. The maximum Gasteiger partial charge on any atom is 0.275 e. The van der Waals surface area contributed by atoms with Gasteiger partial charge in [-0.3, -0.25) is 4.98 Å². The van der Waals surface area contributed by atoms with Crippen molar-refractivity contribution in [2.45, 2.75) is 39.3 Å². The lowest BCUT2D eigenvalue weighted by Crippen LogP contribution is -2.22. The van der Waals surface area contributed by atoms with E-state index >= 15 is 0 Å². The zero-order chi connectivity index (χ0) is 22.0. The number of imidazole rings is 1. The van der Waals surface area contributed by atoms with Crippen LogP contribution in [0.2, 0.25) is 25.7 Å². The van der Waals surface area contributed by atoms with E-state index in [1.54, 1.807) is 9.20 Å². The third-order valence-corrected chi connectivity index (χ3v) is 6.55. The molecule has 0 spiro atoms. The maximum absolute atomic E-state index is 7.34. The molecule has 31 heavy (non-hydrogen) atoms. The molecule has 0 radical (unpaired) electrons. The van der Waals surface area contributed by atoms with Crippen molar-refractivity contribution in [3.05, 3.63) is 59.8 Å². The molecule has 4 aromatic heterocycles. The number of nitrogens with zero attached hydrogens (tertiary/aromatic N) is 7. The molecule has 0 amide bonds. The standard InChI is InChI=1S/C22H25N7OSi/c1-16-7-6-8-19(25-16)22-17(14-28(27-22)15-30-11-12-31(3,4)5)18-9-10-20-24-13-21(23-2)29(20)26-18/h6-10,13-14H,11-12,15H2,1,3-5H3. The van der Waals surface area contributed by atoms with Crippen LogP contribution in [0.25, 0.3) is 33.1 Å². The first-order chi connectivity index (χ1) is 14.8. The Bertz CT molecular complexity index is 1260. The quantitative estimate of drug-likeness (QED) is 0.238. The summed E-state index contributed by atoms with van der Waals surface area (Å²) in [6.45, 7) is 17.4. The minimum atomic E-state index is -1.15. The van der Waals surface area contributed by atoms with Gasteiger partial charge < -0.3 is 9.58 Å². The SMILES string of the molecule is [C-]#[N+]c1cnc2ccc(-c3cn(COCC[Si](C)(C)C)nc3-c3cccc(C)n3)nn12. The number of fused-ring (bicyclic) bond motifs is 1. The summed E-state index contributed by atoms with van der Waals surface area (Å²) in [5.74, 6) is 0.370. The Kier molecular flexibility index (Phi) is 5.67. The largest absolute Gasteiger partial charge is 0.360 e. The smallest absolute Gasteiger partial charge is 0.275 e. The number of ether oxygens (including phenoxy) is 1. The van der Waals surface area contributed by atoms with Gasteiger partial charge in [-0.1, -0.05) is 37.4 Å².